The molecular formula is C55H59FN7O10P. The van der Waals surface area contributed by atoms with Crippen LogP contribution in [0.5, 0.6) is 5.75 Å². The van der Waals surface area contributed by atoms with Gasteiger partial charge in [-0.3, -0.25) is 33.3 Å². The molecule has 3 aliphatic heterocycles. The van der Waals surface area contributed by atoms with Crippen molar-refractivity contribution < 1.29 is 46.7 Å². The number of hydrogen-bond acceptors (Lipinski definition) is 11. The molecular weight excluding hydrogens is 969 g/mol. The normalized spacial score (nSPS) is 21.9. The van der Waals surface area contributed by atoms with Crippen LogP contribution in [0, 0.1) is 6.92 Å². The molecule has 2 N–H and O–H groups in total. The monoisotopic (exact) mass is 1030 g/mol. The van der Waals surface area contributed by atoms with Gasteiger partial charge >= 0.3 is 13.5 Å². The predicted octanol–water partition coefficient (Wildman–Crippen LogP) is 7.71. The van der Waals surface area contributed by atoms with Crippen molar-refractivity contribution in [2.45, 2.75) is 107 Å². The summed E-state index contributed by atoms with van der Waals surface area (Å²) in [6.07, 6.45) is 5.92. The number of aryl methyl sites for hydroxylation is 2. The van der Waals surface area contributed by atoms with Gasteiger partial charge in [-0.25, -0.2) is 9.48 Å². The van der Waals surface area contributed by atoms with Crippen molar-refractivity contribution in [2.24, 2.45) is 7.05 Å². The Kier molecular flexibility index (Phi) is 13.8. The molecule has 7 atom stereocenters. The number of nitrogens with one attached hydrogen (secondary N) is 2. The topological polar surface area (TPSA) is 203 Å². The van der Waals surface area contributed by atoms with E-state index in [2.05, 4.69) is 15.6 Å². The minimum Gasteiger partial charge on any atom is -0.465 e. The average molecular weight is 1030 g/mol. The highest BCUT2D eigenvalue weighted by Crippen LogP contribution is 2.58. The zero-order valence-corrected chi connectivity index (χ0v) is 42.6. The number of amides is 4. The zero-order valence-electron chi connectivity index (χ0n) is 41.7. The maximum Gasteiger partial charge on any atom is 0.355 e. The van der Waals surface area contributed by atoms with Gasteiger partial charge in [0.1, 0.15) is 23.9 Å². The van der Waals surface area contributed by atoms with Crippen LogP contribution in [0.3, 0.4) is 0 Å². The van der Waals surface area contributed by atoms with Gasteiger partial charge in [0, 0.05) is 55.5 Å². The first-order valence-electron chi connectivity index (χ1n) is 25.3. The number of fused-ring (bicyclic) bond motifs is 3. The molecule has 17 nitrogen and oxygen atoms in total. The molecule has 3 saturated heterocycles. The Bertz CT molecular complexity index is 3290. The summed E-state index contributed by atoms with van der Waals surface area (Å²) >= 11 is 0. The quantitative estimate of drug-likeness (QED) is 0.0796. The molecule has 4 aromatic carbocycles. The molecule has 4 fully saturated rings. The second kappa shape index (κ2) is 20.3. The first kappa shape index (κ1) is 50.4. The summed E-state index contributed by atoms with van der Waals surface area (Å²) in [7, 11) is -2.87. The van der Waals surface area contributed by atoms with Crippen LogP contribution in [-0.2, 0) is 30.7 Å². The fourth-order valence-electron chi connectivity index (χ4n) is 10.9. The van der Waals surface area contributed by atoms with Gasteiger partial charge in [-0.1, -0.05) is 60.1 Å². The van der Waals surface area contributed by atoms with Gasteiger partial charge in [0.25, 0.3) is 17.4 Å². The number of carbonyl (C=O) groups excluding carboxylic acids is 5. The Balaban J connectivity index is 0.939. The molecule has 74 heavy (non-hydrogen) atoms. The van der Waals surface area contributed by atoms with Gasteiger partial charge in [0.15, 0.2) is 11.3 Å². The van der Waals surface area contributed by atoms with Crippen molar-refractivity contribution in [2.75, 3.05) is 26.2 Å². The van der Waals surface area contributed by atoms with E-state index in [1.165, 1.54) is 46.7 Å². The minimum atomic E-state index is -4.57. The van der Waals surface area contributed by atoms with Crippen LogP contribution in [-0.4, -0.2) is 110 Å². The molecule has 19 heteroatoms. The number of alkyl halides is 1. The van der Waals surface area contributed by atoms with E-state index >= 15 is 9.18 Å². The number of rotatable bonds is 14. The lowest BCUT2D eigenvalue weighted by molar-refractivity contribution is -0.148. The molecule has 386 valence electrons. The summed E-state index contributed by atoms with van der Waals surface area (Å²) in [5, 5.41) is 11.2. The van der Waals surface area contributed by atoms with Gasteiger partial charge < -0.3 is 38.4 Å². The van der Waals surface area contributed by atoms with Crippen molar-refractivity contribution in [3.05, 3.63) is 142 Å². The Morgan fingerprint density at radius 2 is 1.72 bits per heavy atom. The molecule has 4 amide bonds. The van der Waals surface area contributed by atoms with Crippen LogP contribution in [0.4, 0.5) is 4.39 Å². The molecule has 1 spiro atoms. The highest BCUT2D eigenvalue weighted by Gasteiger charge is 2.59. The SMILES string of the molecule is CCCOC(=O)[C@H](C)NP(=O)(Oc1ccccc1)[C@H](F)c1ccc2ccc(C(=O)N[C@H]3CN(C(=O)c4noc5ccc(C)cc45)CC[C@H]4CC[C@@H](C(=O)N5C[C@@H](c6ccn(C)c(=O)c6)CC56CC6)N4C3=O)cc2c1. The maximum atomic E-state index is 16.9. The Morgan fingerprint density at radius 3 is 2.47 bits per heavy atom. The van der Waals surface area contributed by atoms with Crippen molar-refractivity contribution in [1.29, 1.82) is 0 Å². The smallest absolute Gasteiger partial charge is 0.355 e. The lowest BCUT2D eigenvalue weighted by Gasteiger charge is -2.40. The highest BCUT2D eigenvalue weighted by atomic mass is 31.2. The van der Waals surface area contributed by atoms with E-state index in [0.29, 0.717) is 60.4 Å². The molecule has 1 saturated carbocycles. The third-order valence-corrected chi connectivity index (χ3v) is 17.2. The molecule has 5 heterocycles. The van der Waals surface area contributed by atoms with Gasteiger partial charge in [-0.15, -0.1) is 0 Å². The van der Waals surface area contributed by atoms with E-state index < -0.39 is 61.3 Å². The number of aromatic nitrogens is 2. The summed E-state index contributed by atoms with van der Waals surface area (Å²) in [5.74, 6) is -4.77. The number of pyridine rings is 1. The molecule has 4 aliphatic rings. The number of benzene rings is 4. The number of esters is 1. The third-order valence-electron chi connectivity index (χ3n) is 15.1. The number of likely N-dealkylation sites (tertiary alicyclic amines) is 1. The van der Waals surface area contributed by atoms with Crippen LogP contribution in [0.25, 0.3) is 21.7 Å². The number of halogens is 1. The number of para-hydroxylation sites is 1. The molecule has 0 radical (unpaired) electrons. The van der Waals surface area contributed by atoms with Gasteiger partial charge in [0.2, 0.25) is 17.7 Å². The summed E-state index contributed by atoms with van der Waals surface area (Å²) in [5.41, 5.74) is 1.82. The highest BCUT2D eigenvalue weighted by molar-refractivity contribution is 7.57. The molecule has 0 bridgehead atoms. The molecule has 6 aromatic rings. The van der Waals surface area contributed by atoms with Crippen molar-refractivity contribution >= 4 is 58.9 Å². The van der Waals surface area contributed by atoms with Crippen LogP contribution in [0.2, 0.25) is 0 Å². The standard InChI is InChI=1S/C55H59FN7O10P/c1-5-25-71-54(69)34(3)59-74(70,73-42-9-7-6-8-10-42)49(56)37-14-12-35-13-15-38(28-39(35)27-37)50(65)57-44-32-61(53(68)48-43-26-33(2)11-18-46(43)72-58-48)24-20-41-16-17-45(63(41)51(44)66)52(67)62-31-40(30-55(62)21-22-55)36-19-23-60(4)47(64)29-36/h6-15,18-19,23,26-29,34,40-41,44-45,49H,5,16-17,20-22,24-25,30-32H2,1-4H3,(H,57,65)(H,59,70)/t34-,40-,41+,44-,45-,49-,74?/m0/s1. The van der Waals surface area contributed by atoms with Crippen molar-refractivity contribution in [1.82, 2.24) is 34.8 Å². The largest absolute Gasteiger partial charge is 0.465 e. The summed E-state index contributed by atoms with van der Waals surface area (Å²) in [6.45, 7) is 5.61. The van der Waals surface area contributed by atoms with Crippen LogP contribution in [0.1, 0.15) is 108 Å². The Labute approximate surface area is 426 Å². The number of nitrogens with zero attached hydrogens (tertiary/aromatic N) is 5. The van der Waals surface area contributed by atoms with E-state index in [0.717, 1.165) is 24.0 Å². The van der Waals surface area contributed by atoms with Gasteiger partial charge in [-0.05, 0) is 129 Å². The Morgan fingerprint density at radius 1 is 0.932 bits per heavy atom. The van der Waals surface area contributed by atoms with E-state index in [-0.39, 0.29) is 65.2 Å². The zero-order chi connectivity index (χ0) is 52.1. The van der Waals surface area contributed by atoms with E-state index in [1.54, 1.807) is 66.7 Å². The van der Waals surface area contributed by atoms with Crippen LogP contribution in [0.15, 0.2) is 113 Å². The molecule has 1 unspecified atom stereocenters. The van der Waals surface area contributed by atoms with E-state index in [4.69, 9.17) is 13.8 Å². The fraction of sp³-hybridized carbons (Fsp3) is 0.400. The summed E-state index contributed by atoms with van der Waals surface area (Å²) in [4.78, 5) is 89.8. The number of ether oxygens (including phenoxy) is 1. The lowest BCUT2D eigenvalue weighted by atomic mass is 9.96. The molecule has 10 rings (SSSR count). The van der Waals surface area contributed by atoms with Crippen LogP contribution >= 0.6 is 7.52 Å². The predicted molar refractivity (Wildman–Crippen MR) is 273 cm³/mol. The average Bonchev–Trinajstić information content (AvgIpc) is 3.65. The summed E-state index contributed by atoms with van der Waals surface area (Å²) < 4.78 is 49.6. The van der Waals surface area contributed by atoms with Gasteiger partial charge in [0.05, 0.1) is 18.5 Å². The second-order valence-corrected chi connectivity index (χ2v) is 22.3. The summed E-state index contributed by atoms with van der Waals surface area (Å²) in [6, 6.07) is 22.5. The van der Waals surface area contributed by atoms with Crippen LogP contribution < -0.4 is 20.5 Å². The molecule has 2 aromatic heterocycles. The first-order valence-corrected chi connectivity index (χ1v) is 27.0. The van der Waals surface area contributed by atoms with Crippen molar-refractivity contribution in [3.63, 3.8) is 0 Å². The fourth-order valence-corrected chi connectivity index (χ4v) is 12.8. The maximum absolute atomic E-state index is 16.9. The van der Waals surface area contributed by atoms with E-state index in [1.807, 2.05) is 36.9 Å². The first-order chi connectivity index (χ1) is 35.5. The lowest BCUT2D eigenvalue weighted by Crippen LogP contribution is -2.61. The number of carbonyl (C=O) groups is 5. The van der Waals surface area contributed by atoms with Crippen molar-refractivity contribution in [3.8, 4) is 5.75 Å². The Hall–Kier alpha value is -7.17. The third kappa shape index (κ3) is 9.84. The second-order valence-electron chi connectivity index (χ2n) is 20.2. The van der Waals surface area contributed by atoms with Gasteiger partial charge in [-0.2, -0.15) is 0 Å². The minimum absolute atomic E-state index is 0.0407. The van der Waals surface area contributed by atoms with E-state index in [9.17, 15) is 28.5 Å². The number of hydrogen-bond donors (Lipinski definition) is 2. The molecule has 1 aliphatic carbocycles.